The van der Waals surface area contributed by atoms with Crippen LogP contribution in [0, 0.1) is 13.7 Å². The number of aromatic nitrogens is 2. The molecule has 0 aliphatic heterocycles. The van der Waals surface area contributed by atoms with E-state index in [0.29, 0.717) is 39.8 Å². The molecule has 1 atom stereocenters. The van der Waals surface area contributed by atoms with E-state index in [0.717, 1.165) is 22.2 Å². The van der Waals surface area contributed by atoms with Crippen molar-refractivity contribution in [3.8, 4) is 17.2 Å². The molecule has 14 heteroatoms. The van der Waals surface area contributed by atoms with Crippen LogP contribution in [-0.4, -0.2) is 50.9 Å². The van der Waals surface area contributed by atoms with Crippen molar-refractivity contribution in [1.29, 1.82) is 0 Å². The lowest BCUT2D eigenvalue weighted by Crippen LogP contribution is -2.40. The summed E-state index contributed by atoms with van der Waals surface area (Å²) in [4.78, 5) is 52.9. The van der Waals surface area contributed by atoms with Gasteiger partial charge in [0.1, 0.15) is 17.2 Å². The number of fused-ring (bicyclic) bond motifs is 1. The Morgan fingerprint density at radius 3 is 2.35 bits per heavy atom. The summed E-state index contributed by atoms with van der Waals surface area (Å²) >= 11 is 3.42. The number of carbonyl (C=O) groups is 3. The lowest BCUT2D eigenvalue weighted by molar-refractivity contribution is -0.384. The number of halogens is 1. The highest BCUT2D eigenvalue weighted by Crippen LogP contribution is 2.25. The molecule has 0 bridgehead atoms. The minimum absolute atomic E-state index is 0.0138. The number of aromatic amines is 1. The Labute approximate surface area is 293 Å². The molecule has 1 fully saturated rings. The Morgan fingerprint density at radius 1 is 0.958 bits per heavy atom. The average molecular weight is 780 g/mol. The van der Waals surface area contributed by atoms with Gasteiger partial charge in [-0.2, -0.15) is 0 Å². The van der Waals surface area contributed by atoms with Crippen molar-refractivity contribution in [2.75, 3.05) is 17.7 Å². The number of H-pyrrole nitrogens is 1. The first-order chi connectivity index (χ1) is 23.2. The Morgan fingerprint density at radius 2 is 1.67 bits per heavy atom. The largest absolute Gasteiger partial charge is 0.484 e. The van der Waals surface area contributed by atoms with Crippen molar-refractivity contribution in [2.45, 2.75) is 30.5 Å². The molecule has 1 saturated carbocycles. The number of carbonyl (C=O) groups excluding carboxylic acids is 3. The summed E-state index contributed by atoms with van der Waals surface area (Å²) < 4.78 is 12.2. The third kappa shape index (κ3) is 10.3. The fourth-order valence-corrected chi connectivity index (χ4v) is 5.65. The number of Topliss-reactive ketones (excluding diaryl/α,β-unsaturated/α-hetero) is 1. The number of benzene rings is 4. The molecule has 2 amide bonds. The van der Waals surface area contributed by atoms with E-state index in [4.69, 9.17) is 9.47 Å². The number of ether oxygens (including phenoxy) is 2. The van der Waals surface area contributed by atoms with E-state index in [2.05, 4.69) is 43.2 Å². The van der Waals surface area contributed by atoms with E-state index in [9.17, 15) is 24.5 Å². The predicted octanol–water partition coefficient (Wildman–Crippen LogP) is 6.90. The van der Waals surface area contributed by atoms with Crippen molar-refractivity contribution in [3.63, 3.8) is 0 Å². The van der Waals surface area contributed by atoms with Gasteiger partial charge in [0.05, 0.1) is 27.8 Å². The summed E-state index contributed by atoms with van der Waals surface area (Å²) in [5.41, 5.74) is 1.81. The first-order valence-electron chi connectivity index (χ1n) is 14.8. The van der Waals surface area contributed by atoms with Crippen LogP contribution < -0.4 is 20.1 Å². The number of para-hydroxylation sites is 1. The fraction of sp³-hybridized carbons (Fsp3) is 0.176. The summed E-state index contributed by atoms with van der Waals surface area (Å²) in [6.07, 6.45) is 2.18. The number of thioether (sulfide) groups is 1. The summed E-state index contributed by atoms with van der Waals surface area (Å²) in [5.74, 6) is 1.90. The summed E-state index contributed by atoms with van der Waals surface area (Å²) in [7, 11) is 0. The van der Waals surface area contributed by atoms with Crippen LogP contribution in [0.2, 0.25) is 0 Å². The lowest BCUT2D eigenvalue weighted by Gasteiger charge is -2.11. The molecular weight excluding hydrogens is 749 g/mol. The molecule has 48 heavy (non-hydrogen) atoms. The number of imidazole rings is 1. The van der Waals surface area contributed by atoms with Gasteiger partial charge >= 0.3 is 0 Å². The third-order valence-electron chi connectivity index (χ3n) is 6.93. The number of nitrogens with zero attached hydrogens (tertiary/aromatic N) is 2. The van der Waals surface area contributed by atoms with Crippen molar-refractivity contribution >= 4 is 74.4 Å². The number of hydrogen-bond donors (Lipinski definition) is 3. The maximum Gasteiger partial charge on any atom is 0.271 e. The maximum atomic E-state index is 12.2. The van der Waals surface area contributed by atoms with Gasteiger partial charge in [0.2, 0.25) is 5.91 Å². The van der Waals surface area contributed by atoms with Crippen LogP contribution >= 0.6 is 34.4 Å². The molecule has 4 aromatic carbocycles. The van der Waals surface area contributed by atoms with Crippen LogP contribution in [0.4, 0.5) is 11.4 Å². The first-order valence-corrected chi connectivity index (χ1v) is 16.9. The smallest absolute Gasteiger partial charge is 0.271 e. The zero-order valence-corrected chi connectivity index (χ0v) is 28.4. The van der Waals surface area contributed by atoms with Crippen LogP contribution in [-0.2, 0) is 14.4 Å². The molecular formula is C34H30IN5O7S. The second-order valence-electron chi connectivity index (χ2n) is 10.5. The molecule has 6 rings (SSSR count). The van der Waals surface area contributed by atoms with E-state index in [-0.39, 0.29) is 41.7 Å². The zero-order valence-electron chi connectivity index (χ0n) is 25.4. The highest BCUT2D eigenvalue weighted by atomic mass is 127. The number of nitro groups is 1. The molecule has 5 aromatic rings. The number of anilines is 1. The number of non-ortho nitro benzene ring substituents is 1. The highest BCUT2D eigenvalue weighted by Gasteiger charge is 2.25. The number of rotatable bonds is 11. The number of amides is 2. The standard InChI is InChI=1S/C21H16N4O4S.C13H14INO3/c26-20(13-30-21-23-18-11-8-15(25(27)28)12-19(18)24-21)22-14-6-9-17(10-7-14)29-16-4-2-1-3-5-16;14-9-4-6-10(7-5-9)18-8-13(17)15-11-2-1-3-12(11)16/h1-12H,13H2,(H,22,26)(H,23,24);4-7,11H,1-3,8H2,(H,15,17)/t;11-/m.0/s1. The molecule has 0 radical (unpaired) electrons. The van der Waals surface area contributed by atoms with Gasteiger partial charge in [-0.15, -0.1) is 0 Å². The number of nitrogens with one attached hydrogen (secondary N) is 3. The molecule has 12 nitrogen and oxygen atoms in total. The van der Waals surface area contributed by atoms with Crippen molar-refractivity contribution in [3.05, 3.63) is 111 Å². The Balaban J connectivity index is 0.000000214. The lowest BCUT2D eigenvalue weighted by atomic mass is 10.2. The topological polar surface area (TPSA) is 166 Å². The number of ketones is 1. The number of nitro benzene ring substituents is 1. The second-order valence-corrected chi connectivity index (χ2v) is 12.7. The van der Waals surface area contributed by atoms with Gasteiger partial charge in [-0.25, -0.2) is 4.98 Å². The van der Waals surface area contributed by atoms with Gasteiger partial charge in [-0.1, -0.05) is 30.0 Å². The van der Waals surface area contributed by atoms with Gasteiger partial charge in [-0.3, -0.25) is 24.5 Å². The molecule has 1 heterocycles. The van der Waals surface area contributed by atoms with Gasteiger partial charge in [-0.05, 0) is 102 Å². The fourth-order valence-electron chi connectivity index (χ4n) is 4.60. The molecule has 3 N–H and O–H groups in total. The molecule has 0 spiro atoms. The maximum absolute atomic E-state index is 12.2. The summed E-state index contributed by atoms with van der Waals surface area (Å²) in [6, 6.07) is 28.1. The second kappa shape index (κ2) is 16.7. The van der Waals surface area contributed by atoms with E-state index in [1.807, 2.05) is 54.6 Å². The van der Waals surface area contributed by atoms with Crippen LogP contribution in [0.15, 0.2) is 102 Å². The van der Waals surface area contributed by atoms with Crippen molar-refractivity contribution in [2.24, 2.45) is 0 Å². The minimum atomic E-state index is -0.462. The Kier molecular flexibility index (Phi) is 12.0. The van der Waals surface area contributed by atoms with Crippen LogP contribution in [0.3, 0.4) is 0 Å². The summed E-state index contributed by atoms with van der Waals surface area (Å²) in [5, 5.41) is 16.9. The van der Waals surface area contributed by atoms with Crippen LogP contribution in [0.25, 0.3) is 11.0 Å². The van der Waals surface area contributed by atoms with Gasteiger partial charge in [0, 0.05) is 27.8 Å². The van der Waals surface area contributed by atoms with Crippen LogP contribution in [0.1, 0.15) is 19.3 Å². The van der Waals surface area contributed by atoms with E-state index >= 15 is 0 Å². The minimum Gasteiger partial charge on any atom is -0.484 e. The van der Waals surface area contributed by atoms with E-state index < -0.39 is 4.92 Å². The van der Waals surface area contributed by atoms with Gasteiger partial charge < -0.3 is 25.1 Å². The van der Waals surface area contributed by atoms with Gasteiger partial charge in [0.25, 0.3) is 11.6 Å². The van der Waals surface area contributed by atoms with Crippen molar-refractivity contribution in [1.82, 2.24) is 15.3 Å². The zero-order chi connectivity index (χ0) is 33.9. The normalized spacial score (nSPS) is 13.7. The Hall–Kier alpha value is -4.96. The SMILES string of the molecule is O=C(COc1ccc(I)cc1)N[C@H]1CCCC1=O.O=C(CSc1nc2ccc([N+](=O)[O-])cc2[nH]1)Nc1ccc(Oc2ccccc2)cc1. The van der Waals surface area contributed by atoms with Gasteiger partial charge in [0.15, 0.2) is 17.5 Å². The molecule has 1 aliphatic carbocycles. The molecule has 1 aromatic heterocycles. The van der Waals surface area contributed by atoms with E-state index in [1.165, 1.54) is 23.9 Å². The number of hydrogen-bond acceptors (Lipinski definition) is 9. The quantitative estimate of drug-likeness (QED) is 0.0560. The van der Waals surface area contributed by atoms with Crippen molar-refractivity contribution < 1.29 is 28.8 Å². The molecule has 1 aliphatic rings. The first kappa shape index (κ1) is 34.4. The third-order valence-corrected chi connectivity index (χ3v) is 8.53. The summed E-state index contributed by atoms with van der Waals surface area (Å²) in [6.45, 7) is -0.0512. The molecule has 246 valence electrons. The average Bonchev–Trinajstić information content (AvgIpc) is 3.69. The molecule has 0 saturated heterocycles. The van der Waals surface area contributed by atoms with E-state index in [1.54, 1.807) is 30.3 Å². The van der Waals surface area contributed by atoms with Crippen LogP contribution in [0.5, 0.6) is 17.2 Å². The predicted molar refractivity (Wildman–Crippen MR) is 191 cm³/mol. The Bertz CT molecular complexity index is 1890. The molecule has 0 unspecified atom stereocenters. The highest BCUT2D eigenvalue weighted by molar-refractivity contribution is 14.1. The monoisotopic (exact) mass is 779 g/mol.